The van der Waals surface area contributed by atoms with Gasteiger partial charge in [0.25, 0.3) is 5.60 Å². The molecule has 108 valence electrons. The molecule has 0 aliphatic rings. The first-order chi connectivity index (χ1) is 8.45. The molecule has 0 radical (unpaired) electrons. The van der Waals surface area contributed by atoms with Crippen LogP contribution in [-0.2, 0) is 12.1 Å². The van der Waals surface area contributed by atoms with E-state index in [1.165, 1.54) is 0 Å². The summed E-state index contributed by atoms with van der Waals surface area (Å²) >= 11 is 0. The molecule has 1 aromatic carbocycles. The standard InChI is InChI=1S/C10H10F6N2O/c11-9(12,13)8(19,10(14,15)16)6-1-2-7(18)5(3-6)4-17/h1-3,19H,4,17-18H2. The second-order valence-electron chi connectivity index (χ2n) is 3.82. The molecule has 0 aliphatic heterocycles. The quantitative estimate of drug-likeness (QED) is 0.576. The zero-order valence-electron chi connectivity index (χ0n) is 9.31. The van der Waals surface area contributed by atoms with Crippen molar-refractivity contribution >= 4 is 5.69 Å². The lowest BCUT2D eigenvalue weighted by Crippen LogP contribution is -2.54. The van der Waals surface area contributed by atoms with Crippen LogP contribution in [0.2, 0.25) is 0 Å². The molecule has 0 spiro atoms. The van der Waals surface area contributed by atoms with Crippen LogP contribution in [0.25, 0.3) is 0 Å². The SMILES string of the molecule is NCc1cc(C(O)(C(F)(F)F)C(F)(F)F)ccc1N. The number of aliphatic hydroxyl groups is 1. The molecule has 0 heterocycles. The lowest BCUT2D eigenvalue weighted by molar-refractivity contribution is -0.376. The summed E-state index contributed by atoms with van der Waals surface area (Å²) in [6.45, 7) is -0.356. The average molecular weight is 288 g/mol. The Hall–Kier alpha value is -1.48. The number of alkyl halides is 6. The molecule has 0 unspecified atom stereocenters. The van der Waals surface area contributed by atoms with Crippen LogP contribution in [0, 0.1) is 0 Å². The molecule has 1 aromatic rings. The molecule has 0 atom stereocenters. The predicted molar refractivity (Wildman–Crippen MR) is 54.8 cm³/mol. The first-order valence-electron chi connectivity index (χ1n) is 4.90. The lowest BCUT2D eigenvalue weighted by atomic mass is 9.90. The van der Waals surface area contributed by atoms with Crippen molar-refractivity contribution in [3.05, 3.63) is 29.3 Å². The highest BCUT2D eigenvalue weighted by Gasteiger charge is 2.71. The second-order valence-corrected chi connectivity index (χ2v) is 3.82. The minimum atomic E-state index is -5.92. The van der Waals surface area contributed by atoms with E-state index >= 15 is 0 Å². The third-order valence-electron chi connectivity index (χ3n) is 2.60. The zero-order valence-corrected chi connectivity index (χ0v) is 9.31. The Morgan fingerprint density at radius 1 is 1.00 bits per heavy atom. The maximum atomic E-state index is 12.6. The van der Waals surface area contributed by atoms with E-state index in [0.29, 0.717) is 12.1 Å². The summed E-state index contributed by atoms with van der Waals surface area (Å²) in [5, 5.41) is 9.13. The second kappa shape index (κ2) is 4.57. The molecule has 3 nitrogen and oxygen atoms in total. The van der Waals surface area contributed by atoms with Gasteiger partial charge in [0.05, 0.1) is 0 Å². The monoisotopic (exact) mass is 288 g/mol. The van der Waals surface area contributed by atoms with E-state index in [1.54, 1.807) is 0 Å². The normalized spacial score (nSPS) is 13.7. The number of halogens is 6. The minimum Gasteiger partial charge on any atom is -0.398 e. The van der Waals surface area contributed by atoms with Crippen molar-refractivity contribution in [3.8, 4) is 0 Å². The number of rotatable bonds is 2. The van der Waals surface area contributed by atoms with Crippen molar-refractivity contribution in [3.63, 3.8) is 0 Å². The number of nitrogens with two attached hydrogens (primary N) is 2. The molecule has 0 saturated carbocycles. The summed E-state index contributed by atoms with van der Waals surface area (Å²) in [5.74, 6) is 0. The largest absolute Gasteiger partial charge is 0.430 e. The van der Waals surface area contributed by atoms with Crippen molar-refractivity contribution in [2.75, 3.05) is 5.73 Å². The molecule has 0 aromatic heterocycles. The summed E-state index contributed by atoms with van der Waals surface area (Å²) in [4.78, 5) is 0. The van der Waals surface area contributed by atoms with Gasteiger partial charge in [-0.3, -0.25) is 0 Å². The molecule has 0 bridgehead atoms. The Labute approximate surface area is 103 Å². The summed E-state index contributed by atoms with van der Waals surface area (Å²) in [7, 11) is 0. The molecule has 0 aliphatic carbocycles. The number of hydrogen-bond donors (Lipinski definition) is 3. The maximum absolute atomic E-state index is 12.6. The van der Waals surface area contributed by atoms with Gasteiger partial charge in [0, 0.05) is 17.8 Å². The molecule has 0 amide bonds. The van der Waals surface area contributed by atoms with Gasteiger partial charge < -0.3 is 16.6 Å². The van der Waals surface area contributed by atoms with E-state index in [1.807, 2.05) is 0 Å². The van der Waals surface area contributed by atoms with Crippen LogP contribution in [0.5, 0.6) is 0 Å². The Kier molecular flexibility index (Phi) is 3.74. The number of nitrogen functional groups attached to an aromatic ring is 1. The highest BCUT2D eigenvalue weighted by molar-refractivity contribution is 5.50. The van der Waals surface area contributed by atoms with Crippen molar-refractivity contribution in [2.45, 2.75) is 24.5 Å². The van der Waals surface area contributed by atoms with Crippen molar-refractivity contribution in [2.24, 2.45) is 5.73 Å². The molecule has 0 saturated heterocycles. The van der Waals surface area contributed by atoms with Crippen LogP contribution in [0.4, 0.5) is 32.0 Å². The topological polar surface area (TPSA) is 72.3 Å². The Bertz CT molecular complexity index is 454. The maximum Gasteiger partial charge on any atom is 0.430 e. The molecular formula is C10H10F6N2O. The van der Waals surface area contributed by atoms with Gasteiger partial charge in [0.2, 0.25) is 0 Å². The lowest BCUT2D eigenvalue weighted by Gasteiger charge is -2.33. The van der Waals surface area contributed by atoms with E-state index in [2.05, 4.69) is 0 Å². The minimum absolute atomic E-state index is 0.0575. The van der Waals surface area contributed by atoms with Gasteiger partial charge in [-0.1, -0.05) is 6.07 Å². The van der Waals surface area contributed by atoms with Gasteiger partial charge in [-0.2, -0.15) is 26.3 Å². The zero-order chi connectivity index (χ0) is 15.1. The summed E-state index contributed by atoms with van der Waals surface area (Å²) < 4.78 is 75.5. The van der Waals surface area contributed by atoms with Gasteiger partial charge in [0.15, 0.2) is 0 Å². The van der Waals surface area contributed by atoms with Gasteiger partial charge in [-0.25, -0.2) is 0 Å². The van der Waals surface area contributed by atoms with E-state index in [0.717, 1.165) is 6.07 Å². The molecule has 9 heteroatoms. The van der Waals surface area contributed by atoms with Crippen molar-refractivity contribution in [1.82, 2.24) is 0 Å². The average Bonchev–Trinajstić information content (AvgIpc) is 2.25. The van der Waals surface area contributed by atoms with Gasteiger partial charge in [-0.15, -0.1) is 0 Å². The van der Waals surface area contributed by atoms with Crippen LogP contribution in [-0.4, -0.2) is 17.5 Å². The van der Waals surface area contributed by atoms with E-state index in [9.17, 15) is 26.3 Å². The van der Waals surface area contributed by atoms with E-state index < -0.39 is 23.5 Å². The van der Waals surface area contributed by atoms with Gasteiger partial charge in [-0.05, 0) is 17.7 Å². The highest BCUT2D eigenvalue weighted by atomic mass is 19.4. The highest BCUT2D eigenvalue weighted by Crippen LogP contribution is 2.50. The summed E-state index contributed by atoms with van der Waals surface area (Å²) in [6, 6.07) is 1.80. The Morgan fingerprint density at radius 2 is 1.47 bits per heavy atom. The van der Waals surface area contributed by atoms with Gasteiger partial charge >= 0.3 is 12.4 Å². The molecular weight excluding hydrogens is 278 g/mol. The summed E-state index contributed by atoms with van der Waals surface area (Å²) in [6.07, 6.45) is -11.8. The first kappa shape index (κ1) is 15.6. The van der Waals surface area contributed by atoms with Crippen molar-refractivity contribution < 1.29 is 31.4 Å². The third kappa shape index (κ3) is 2.47. The van der Waals surface area contributed by atoms with Gasteiger partial charge in [0.1, 0.15) is 0 Å². The van der Waals surface area contributed by atoms with Crippen LogP contribution >= 0.6 is 0 Å². The number of anilines is 1. The predicted octanol–water partition coefficient (Wildman–Crippen LogP) is 2.04. The van der Waals surface area contributed by atoms with Crippen LogP contribution in [0.3, 0.4) is 0 Å². The van der Waals surface area contributed by atoms with E-state index in [4.69, 9.17) is 16.6 Å². The molecule has 0 fully saturated rings. The number of benzene rings is 1. The van der Waals surface area contributed by atoms with Crippen LogP contribution < -0.4 is 11.5 Å². The molecule has 5 N–H and O–H groups in total. The summed E-state index contributed by atoms with van der Waals surface area (Å²) in [5.41, 5.74) is 3.98. The van der Waals surface area contributed by atoms with Crippen LogP contribution in [0.15, 0.2) is 18.2 Å². The smallest absolute Gasteiger partial charge is 0.398 e. The Balaban J connectivity index is 3.52. The fourth-order valence-corrected chi connectivity index (χ4v) is 1.50. The molecule has 19 heavy (non-hydrogen) atoms. The fourth-order valence-electron chi connectivity index (χ4n) is 1.50. The third-order valence-corrected chi connectivity index (χ3v) is 2.60. The molecule has 1 rings (SSSR count). The number of hydrogen-bond acceptors (Lipinski definition) is 3. The Morgan fingerprint density at radius 3 is 1.84 bits per heavy atom. The van der Waals surface area contributed by atoms with Crippen molar-refractivity contribution in [1.29, 1.82) is 0 Å². The van der Waals surface area contributed by atoms with Crippen LogP contribution in [0.1, 0.15) is 11.1 Å². The first-order valence-corrected chi connectivity index (χ1v) is 4.90. The van der Waals surface area contributed by atoms with E-state index in [-0.39, 0.29) is 17.8 Å². The fraction of sp³-hybridized carbons (Fsp3) is 0.400.